The van der Waals surface area contributed by atoms with Crippen molar-refractivity contribution in [3.8, 4) is 11.5 Å². The van der Waals surface area contributed by atoms with Crippen molar-refractivity contribution in [1.29, 1.82) is 0 Å². The van der Waals surface area contributed by atoms with Gasteiger partial charge in [-0.3, -0.25) is 4.79 Å². The molecule has 0 spiro atoms. The molecule has 2 aromatic rings. The molecule has 94 valence electrons. The summed E-state index contributed by atoms with van der Waals surface area (Å²) in [4.78, 5) is 12.5. The summed E-state index contributed by atoms with van der Waals surface area (Å²) in [6, 6.07) is 10.9. The average molecular weight is 262 g/mol. The molecule has 1 aromatic heterocycles. The minimum absolute atomic E-state index is 0.00758. The van der Waals surface area contributed by atoms with E-state index < -0.39 is 0 Å². The summed E-state index contributed by atoms with van der Waals surface area (Å²) in [5, 5.41) is 1.88. The highest BCUT2D eigenvalue weighted by atomic mass is 32.1. The Morgan fingerprint density at radius 2 is 1.94 bits per heavy atom. The van der Waals surface area contributed by atoms with Crippen LogP contribution in [0.25, 0.3) is 0 Å². The third-order valence-corrected chi connectivity index (χ3v) is 3.19. The molecule has 0 amide bonds. The first-order valence-corrected chi connectivity index (χ1v) is 6.60. The van der Waals surface area contributed by atoms with E-state index in [1.807, 2.05) is 36.6 Å². The molecule has 0 fully saturated rings. The third-order valence-electron chi connectivity index (χ3n) is 2.28. The zero-order valence-electron chi connectivity index (χ0n) is 10.1. The fourth-order valence-electron chi connectivity index (χ4n) is 1.48. The first kappa shape index (κ1) is 12.6. The van der Waals surface area contributed by atoms with Gasteiger partial charge in [-0.2, -0.15) is 0 Å². The molecule has 0 unspecified atom stereocenters. The van der Waals surface area contributed by atoms with Gasteiger partial charge in [0.1, 0.15) is 11.5 Å². The molecule has 0 saturated carbocycles. The van der Waals surface area contributed by atoms with Crippen LogP contribution in [0, 0.1) is 0 Å². The smallest absolute Gasteiger partial charge is 0.210 e. The minimum atomic E-state index is -0.00758. The molecular formula is C14H14O3S. The zero-order chi connectivity index (χ0) is 12.8. The van der Waals surface area contributed by atoms with E-state index in [-0.39, 0.29) is 12.4 Å². The highest BCUT2D eigenvalue weighted by Crippen LogP contribution is 2.19. The maximum absolute atomic E-state index is 11.7. The Morgan fingerprint density at radius 1 is 1.17 bits per heavy atom. The molecule has 0 N–H and O–H groups in total. The maximum atomic E-state index is 11.7. The lowest BCUT2D eigenvalue weighted by Gasteiger charge is -2.07. The first-order valence-electron chi connectivity index (χ1n) is 5.72. The van der Waals surface area contributed by atoms with Gasteiger partial charge in [-0.15, -0.1) is 11.3 Å². The summed E-state index contributed by atoms with van der Waals surface area (Å²) in [7, 11) is 0. The molecule has 0 bridgehead atoms. The van der Waals surface area contributed by atoms with Gasteiger partial charge >= 0.3 is 0 Å². The number of benzene rings is 1. The fourth-order valence-corrected chi connectivity index (χ4v) is 2.13. The predicted molar refractivity (Wildman–Crippen MR) is 71.8 cm³/mol. The van der Waals surface area contributed by atoms with Crippen LogP contribution < -0.4 is 9.47 Å². The quantitative estimate of drug-likeness (QED) is 0.748. The fraction of sp³-hybridized carbons (Fsp3) is 0.214. The summed E-state index contributed by atoms with van der Waals surface area (Å²) >= 11 is 1.42. The van der Waals surface area contributed by atoms with Crippen molar-refractivity contribution in [2.45, 2.75) is 6.92 Å². The Kier molecular flexibility index (Phi) is 4.36. The van der Waals surface area contributed by atoms with Crippen LogP contribution in [-0.2, 0) is 0 Å². The van der Waals surface area contributed by atoms with Crippen LogP contribution in [0.15, 0.2) is 41.8 Å². The van der Waals surface area contributed by atoms with E-state index in [9.17, 15) is 4.79 Å². The molecule has 18 heavy (non-hydrogen) atoms. The molecule has 0 radical (unpaired) electrons. The van der Waals surface area contributed by atoms with E-state index in [0.29, 0.717) is 12.4 Å². The monoisotopic (exact) mass is 262 g/mol. The molecule has 0 aliphatic heterocycles. The number of carbonyl (C=O) groups is 1. The van der Waals surface area contributed by atoms with Crippen LogP contribution >= 0.6 is 11.3 Å². The topological polar surface area (TPSA) is 35.5 Å². The minimum Gasteiger partial charge on any atom is -0.494 e. The Bertz CT molecular complexity index is 506. The van der Waals surface area contributed by atoms with Gasteiger partial charge < -0.3 is 9.47 Å². The molecule has 0 saturated heterocycles. The lowest BCUT2D eigenvalue weighted by molar-refractivity contribution is 0.0925. The molecule has 0 aliphatic carbocycles. The molecule has 0 atom stereocenters. The van der Waals surface area contributed by atoms with Gasteiger partial charge in [0.15, 0.2) is 6.61 Å². The van der Waals surface area contributed by atoms with Crippen molar-refractivity contribution in [2.75, 3.05) is 13.2 Å². The van der Waals surface area contributed by atoms with E-state index >= 15 is 0 Å². The molecule has 1 heterocycles. The van der Waals surface area contributed by atoms with Crippen LogP contribution in [-0.4, -0.2) is 19.0 Å². The van der Waals surface area contributed by atoms with Crippen molar-refractivity contribution in [3.63, 3.8) is 0 Å². The van der Waals surface area contributed by atoms with Crippen LogP contribution in [0.4, 0.5) is 0 Å². The summed E-state index contributed by atoms with van der Waals surface area (Å²) < 4.78 is 10.8. The Balaban J connectivity index is 1.93. The van der Waals surface area contributed by atoms with E-state index in [1.165, 1.54) is 11.3 Å². The van der Waals surface area contributed by atoms with Crippen molar-refractivity contribution in [3.05, 3.63) is 46.7 Å². The zero-order valence-corrected chi connectivity index (χ0v) is 10.9. The second-order valence-corrected chi connectivity index (χ2v) is 4.54. The van der Waals surface area contributed by atoms with E-state index in [4.69, 9.17) is 9.47 Å². The number of hydrogen-bond acceptors (Lipinski definition) is 4. The average Bonchev–Trinajstić information content (AvgIpc) is 2.91. The van der Waals surface area contributed by atoms with Gasteiger partial charge in [-0.25, -0.2) is 0 Å². The van der Waals surface area contributed by atoms with Crippen LogP contribution in [0.1, 0.15) is 16.6 Å². The highest BCUT2D eigenvalue weighted by Gasteiger charge is 2.07. The number of ketones is 1. The van der Waals surface area contributed by atoms with Crippen LogP contribution in [0.5, 0.6) is 11.5 Å². The largest absolute Gasteiger partial charge is 0.494 e. The van der Waals surface area contributed by atoms with Crippen molar-refractivity contribution < 1.29 is 14.3 Å². The standard InChI is InChI=1S/C14H14O3S/c1-2-16-11-5-3-6-12(9-11)17-10-13(15)14-7-4-8-18-14/h3-9H,2,10H2,1H3. The molecular weight excluding hydrogens is 248 g/mol. The number of Topliss-reactive ketones (excluding diaryl/α,β-unsaturated/α-hetero) is 1. The Hall–Kier alpha value is -1.81. The van der Waals surface area contributed by atoms with E-state index in [1.54, 1.807) is 12.1 Å². The molecule has 0 aliphatic rings. The first-order chi connectivity index (χ1) is 8.79. The molecule has 4 heteroatoms. The van der Waals surface area contributed by atoms with Crippen molar-refractivity contribution in [2.24, 2.45) is 0 Å². The van der Waals surface area contributed by atoms with E-state index in [2.05, 4.69) is 0 Å². The van der Waals surface area contributed by atoms with Crippen molar-refractivity contribution in [1.82, 2.24) is 0 Å². The van der Waals surface area contributed by atoms with Crippen LogP contribution in [0.2, 0.25) is 0 Å². The summed E-state index contributed by atoms with van der Waals surface area (Å²) in [6.07, 6.45) is 0. The van der Waals surface area contributed by atoms with Gasteiger partial charge in [0.25, 0.3) is 0 Å². The Morgan fingerprint density at radius 3 is 2.61 bits per heavy atom. The van der Waals surface area contributed by atoms with Gasteiger partial charge in [0.2, 0.25) is 5.78 Å². The van der Waals surface area contributed by atoms with Crippen molar-refractivity contribution >= 4 is 17.1 Å². The number of ether oxygens (including phenoxy) is 2. The highest BCUT2D eigenvalue weighted by molar-refractivity contribution is 7.12. The maximum Gasteiger partial charge on any atom is 0.210 e. The van der Waals surface area contributed by atoms with Gasteiger partial charge in [0.05, 0.1) is 11.5 Å². The second kappa shape index (κ2) is 6.21. The number of carbonyl (C=O) groups excluding carboxylic acids is 1. The molecule has 2 rings (SSSR count). The number of rotatable bonds is 6. The number of thiophene rings is 1. The Labute approximate surface area is 110 Å². The molecule has 3 nitrogen and oxygen atoms in total. The lowest BCUT2D eigenvalue weighted by Crippen LogP contribution is -2.10. The second-order valence-electron chi connectivity index (χ2n) is 3.60. The lowest BCUT2D eigenvalue weighted by atomic mass is 10.3. The normalized spacial score (nSPS) is 10.1. The number of hydrogen-bond donors (Lipinski definition) is 0. The molecule has 1 aromatic carbocycles. The van der Waals surface area contributed by atoms with Gasteiger partial charge in [-0.05, 0) is 30.5 Å². The third kappa shape index (κ3) is 3.34. The van der Waals surface area contributed by atoms with Gasteiger partial charge in [0, 0.05) is 6.07 Å². The summed E-state index contributed by atoms with van der Waals surface area (Å²) in [6.45, 7) is 2.58. The van der Waals surface area contributed by atoms with Gasteiger partial charge in [-0.1, -0.05) is 12.1 Å². The van der Waals surface area contributed by atoms with Crippen LogP contribution in [0.3, 0.4) is 0 Å². The summed E-state index contributed by atoms with van der Waals surface area (Å²) in [5.74, 6) is 1.39. The van der Waals surface area contributed by atoms with E-state index in [0.717, 1.165) is 10.6 Å². The summed E-state index contributed by atoms with van der Waals surface area (Å²) in [5.41, 5.74) is 0. The SMILES string of the molecule is CCOc1cccc(OCC(=O)c2cccs2)c1. The predicted octanol–water partition coefficient (Wildman–Crippen LogP) is 3.41.